The average molecular weight is 290 g/mol. The van der Waals surface area contributed by atoms with E-state index in [4.69, 9.17) is 4.74 Å². The molecule has 0 unspecified atom stereocenters. The highest BCUT2D eigenvalue weighted by Crippen LogP contribution is 2.33. The van der Waals surface area contributed by atoms with E-state index in [1.54, 1.807) is 0 Å². The summed E-state index contributed by atoms with van der Waals surface area (Å²) in [4.78, 5) is 9.99. The lowest BCUT2D eigenvalue weighted by Gasteiger charge is -2.09. The number of nitro benzene ring substituents is 1. The standard InChI is InChI=1S/C10H14N2O6S/c1-18-6-3-7-19(16,17)11-10-8(12(14)15)4-2-5-9(10)13/h2,4-5,11,13H,3,6-7H2,1H3. The molecule has 8 nitrogen and oxygen atoms in total. The van der Waals surface area contributed by atoms with Crippen molar-refractivity contribution in [3.63, 3.8) is 0 Å². The molecular weight excluding hydrogens is 276 g/mol. The summed E-state index contributed by atoms with van der Waals surface area (Å²) in [5.74, 6) is -0.753. The van der Waals surface area contributed by atoms with Crippen molar-refractivity contribution < 1.29 is 23.2 Å². The predicted octanol–water partition coefficient (Wildman–Crippen LogP) is 1.08. The second-order valence-corrected chi connectivity index (χ2v) is 5.54. The molecule has 2 N–H and O–H groups in total. The number of hydrogen-bond donors (Lipinski definition) is 2. The number of para-hydroxylation sites is 1. The van der Waals surface area contributed by atoms with E-state index < -0.39 is 32.1 Å². The fourth-order valence-corrected chi connectivity index (χ4v) is 2.50. The Kier molecular flexibility index (Phi) is 5.07. The number of benzene rings is 1. The molecule has 0 radical (unpaired) electrons. The summed E-state index contributed by atoms with van der Waals surface area (Å²) >= 11 is 0. The molecule has 0 aliphatic rings. The van der Waals surface area contributed by atoms with Crippen molar-refractivity contribution in [2.45, 2.75) is 6.42 Å². The highest BCUT2D eigenvalue weighted by molar-refractivity contribution is 7.92. The van der Waals surface area contributed by atoms with Gasteiger partial charge >= 0.3 is 0 Å². The Morgan fingerprint density at radius 2 is 2.16 bits per heavy atom. The molecule has 0 aliphatic heterocycles. The molecule has 106 valence electrons. The fraction of sp³-hybridized carbons (Fsp3) is 0.400. The van der Waals surface area contributed by atoms with Crippen LogP contribution in [0.3, 0.4) is 0 Å². The molecule has 19 heavy (non-hydrogen) atoms. The van der Waals surface area contributed by atoms with Crippen LogP contribution in [0.1, 0.15) is 6.42 Å². The van der Waals surface area contributed by atoms with Crippen LogP contribution in [0.2, 0.25) is 0 Å². The van der Waals surface area contributed by atoms with Crippen molar-refractivity contribution in [1.29, 1.82) is 0 Å². The van der Waals surface area contributed by atoms with Crippen LogP contribution in [0.4, 0.5) is 11.4 Å². The maximum absolute atomic E-state index is 11.7. The third kappa shape index (κ3) is 4.38. The summed E-state index contributed by atoms with van der Waals surface area (Å²) < 4.78 is 30.1. The van der Waals surface area contributed by atoms with Crippen molar-refractivity contribution in [3.8, 4) is 5.75 Å². The van der Waals surface area contributed by atoms with Crippen LogP contribution in [0.15, 0.2) is 18.2 Å². The number of methoxy groups -OCH3 is 1. The molecule has 0 bridgehead atoms. The molecule has 0 saturated carbocycles. The van der Waals surface area contributed by atoms with Crippen molar-refractivity contribution in [2.24, 2.45) is 0 Å². The Morgan fingerprint density at radius 1 is 1.47 bits per heavy atom. The quantitative estimate of drug-likeness (QED) is 0.335. The average Bonchev–Trinajstić information content (AvgIpc) is 2.31. The van der Waals surface area contributed by atoms with Gasteiger partial charge in [-0.15, -0.1) is 0 Å². The van der Waals surface area contributed by atoms with Gasteiger partial charge in [-0.25, -0.2) is 8.42 Å². The maximum atomic E-state index is 11.7. The minimum atomic E-state index is -3.78. The molecule has 0 spiro atoms. The van der Waals surface area contributed by atoms with Gasteiger partial charge in [0.05, 0.1) is 10.7 Å². The van der Waals surface area contributed by atoms with E-state index in [-0.39, 0.29) is 18.8 Å². The van der Waals surface area contributed by atoms with Gasteiger partial charge in [0.2, 0.25) is 10.0 Å². The third-order valence-corrected chi connectivity index (χ3v) is 3.58. The van der Waals surface area contributed by atoms with Gasteiger partial charge in [-0.1, -0.05) is 6.07 Å². The predicted molar refractivity (Wildman–Crippen MR) is 68.7 cm³/mol. The molecule has 0 fully saturated rings. The zero-order valence-corrected chi connectivity index (χ0v) is 11.0. The first kappa shape index (κ1) is 15.2. The van der Waals surface area contributed by atoms with Gasteiger partial charge < -0.3 is 9.84 Å². The number of rotatable bonds is 7. The smallest absolute Gasteiger partial charge is 0.297 e. The molecule has 9 heteroatoms. The molecule has 0 amide bonds. The summed E-state index contributed by atoms with van der Waals surface area (Å²) in [6.07, 6.45) is 0.243. The first-order valence-corrected chi connectivity index (χ1v) is 6.98. The summed E-state index contributed by atoms with van der Waals surface area (Å²) in [5.41, 5.74) is -0.930. The summed E-state index contributed by atoms with van der Waals surface area (Å²) in [6, 6.07) is 3.53. The lowest BCUT2D eigenvalue weighted by Crippen LogP contribution is -2.18. The number of aromatic hydroxyl groups is 1. The number of phenols is 1. The molecule has 1 aromatic rings. The van der Waals surface area contributed by atoms with Crippen LogP contribution in [0.5, 0.6) is 5.75 Å². The summed E-state index contributed by atoms with van der Waals surface area (Å²) in [7, 11) is -2.34. The number of hydrogen-bond acceptors (Lipinski definition) is 6. The number of nitrogens with one attached hydrogen (secondary N) is 1. The summed E-state index contributed by atoms with van der Waals surface area (Å²) in [5, 5.41) is 20.3. The Labute approximate surface area is 110 Å². The van der Waals surface area contributed by atoms with Gasteiger partial charge in [-0.2, -0.15) is 0 Å². The van der Waals surface area contributed by atoms with Crippen molar-refractivity contribution in [3.05, 3.63) is 28.3 Å². The van der Waals surface area contributed by atoms with E-state index in [1.165, 1.54) is 19.2 Å². The van der Waals surface area contributed by atoms with E-state index in [2.05, 4.69) is 0 Å². The summed E-state index contributed by atoms with van der Waals surface area (Å²) in [6.45, 7) is 0.254. The molecule has 0 aliphatic carbocycles. The van der Waals surface area contributed by atoms with Crippen LogP contribution in [-0.2, 0) is 14.8 Å². The fourth-order valence-electron chi connectivity index (χ4n) is 1.38. The normalized spacial score (nSPS) is 11.2. The molecular formula is C10H14N2O6S. The van der Waals surface area contributed by atoms with Crippen LogP contribution in [0, 0.1) is 10.1 Å². The number of nitrogens with zero attached hydrogens (tertiary/aromatic N) is 1. The first-order chi connectivity index (χ1) is 8.87. The molecule has 1 aromatic carbocycles. The molecule has 0 atom stereocenters. The van der Waals surface area contributed by atoms with Gasteiger partial charge in [0.25, 0.3) is 5.69 Å². The van der Waals surface area contributed by atoms with Crippen LogP contribution < -0.4 is 4.72 Å². The van der Waals surface area contributed by atoms with Crippen molar-refractivity contribution >= 4 is 21.4 Å². The van der Waals surface area contributed by atoms with E-state index in [0.29, 0.717) is 0 Å². The van der Waals surface area contributed by atoms with Crippen LogP contribution in [0.25, 0.3) is 0 Å². The van der Waals surface area contributed by atoms with Crippen molar-refractivity contribution in [1.82, 2.24) is 0 Å². The first-order valence-electron chi connectivity index (χ1n) is 5.33. The van der Waals surface area contributed by atoms with Gasteiger partial charge in [0.1, 0.15) is 5.75 Å². The van der Waals surface area contributed by atoms with Crippen LogP contribution in [-0.4, -0.2) is 37.9 Å². The van der Waals surface area contributed by atoms with Gasteiger partial charge in [0.15, 0.2) is 5.69 Å². The van der Waals surface area contributed by atoms with E-state index in [1.807, 2.05) is 4.72 Å². The number of ether oxygens (including phenoxy) is 1. The molecule has 0 heterocycles. The zero-order chi connectivity index (χ0) is 14.5. The van der Waals surface area contributed by atoms with Gasteiger partial charge in [-0.3, -0.25) is 14.8 Å². The minimum Gasteiger partial charge on any atom is -0.505 e. The van der Waals surface area contributed by atoms with E-state index in [9.17, 15) is 23.6 Å². The lowest BCUT2D eigenvalue weighted by atomic mass is 10.2. The monoisotopic (exact) mass is 290 g/mol. The van der Waals surface area contributed by atoms with E-state index in [0.717, 1.165) is 6.07 Å². The Balaban J connectivity index is 2.95. The van der Waals surface area contributed by atoms with Crippen LogP contribution >= 0.6 is 0 Å². The van der Waals surface area contributed by atoms with Gasteiger partial charge in [-0.05, 0) is 12.5 Å². The zero-order valence-electron chi connectivity index (χ0n) is 10.2. The highest BCUT2D eigenvalue weighted by atomic mass is 32.2. The topological polar surface area (TPSA) is 119 Å². The number of nitro groups is 1. The molecule has 1 rings (SSSR count). The largest absolute Gasteiger partial charge is 0.505 e. The van der Waals surface area contributed by atoms with Gasteiger partial charge in [0, 0.05) is 19.8 Å². The van der Waals surface area contributed by atoms with Crippen molar-refractivity contribution in [2.75, 3.05) is 24.2 Å². The Morgan fingerprint density at radius 3 is 2.74 bits per heavy atom. The SMILES string of the molecule is COCCCS(=O)(=O)Nc1c(O)cccc1[N+](=O)[O-]. The number of phenolic OH excluding ortho intramolecular Hbond substituents is 1. The maximum Gasteiger partial charge on any atom is 0.297 e. The highest BCUT2D eigenvalue weighted by Gasteiger charge is 2.22. The Hall–Kier alpha value is -1.87. The second kappa shape index (κ2) is 6.34. The number of anilines is 1. The Bertz CT molecular complexity index is 557. The van der Waals surface area contributed by atoms with E-state index >= 15 is 0 Å². The minimum absolute atomic E-state index is 0.243. The molecule has 0 aromatic heterocycles. The number of sulfonamides is 1. The lowest BCUT2D eigenvalue weighted by molar-refractivity contribution is -0.383. The third-order valence-electron chi connectivity index (χ3n) is 2.24. The second-order valence-electron chi connectivity index (χ2n) is 3.70. The molecule has 0 saturated heterocycles.